The molecule has 0 saturated carbocycles. The van der Waals surface area contributed by atoms with E-state index >= 15 is 0 Å². The first kappa shape index (κ1) is 12.6. The normalized spacial score (nSPS) is 10.7. The van der Waals surface area contributed by atoms with Gasteiger partial charge in [-0.15, -0.1) is 0 Å². The summed E-state index contributed by atoms with van der Waals surface area (Å²) in [7, 11) is 1.91. The quantitative estimate of drug-likeness (QED) is 0.779. The fourth-order valence-corrected chi connectivity index (χ4v) is 2.20. The standard InChI is InChI=1S/C17H16N2O/c1-18-11-15-12-19-9-8-17(15)20-16-7-6-13-4-2-3-5-14(13)10-16/h2-10,12,18H,11H2,1H3. The summed E-state index contributed by atoms with van der Waals surface area (Å²) in [5.41, 5.74) is 1.04. The summed E-state index contributed by atoms with van der Waals surface area (Å²) >= 11 is 0. The van der Waals surface area contributed by atoms with Crippen molar-refractivity contribution in [3.05, 3.63) is 66.5 Å². The minimum atomic E-state index is 0.733. The zero-order valence-corrected chi connectivity index (χ0v) is 11.3. The van der Waals surface area contributed by atoms with Gasteiger partial charge in [-0.1, -0.05) is 30.3 Å². The third-order valence-electron chi connectivity index (χ3n) is 3.17. The second-order valence-electron chi connectivity index (χ2n) is 4.62. The molecule has 0 aliphatic rings. The maximum atomic E-state index is 5.99. The summed E-state index contributed by atoms with van der Waals surface area (Å²) in [5.74, 6) is 1.68. The highest BCUT2D eigenvalue weighted by Crippen LogP contribution is 2.27. The van der Waals surface area contributed by atoms with Gasteiger partial charge in [0.05, 0.1) is 0 Å². The molecule has 0 atom stereocenters. The molecule has 3 aromatic rings. The number of hydrogen-bond acceptors (Lipinski definition) is 3. The lowest BCUT2D eigenvalue weighted by Crippen LogP contribution is -2.06. The number of ether oxygens (including phenoxy) is 1. The van der Waals surface area contributed by atoms with E-state index in [9.17, 15) is 0 Å². The topological polar surface area (TPSA) is 34.2 Å². The Labute approximate surface area is 118 Å². The number of aromatic nitrogens is 1. The van der Waals surface area contributed by atoms with Crippen LogP contribution in [0.15, 0.2) is 60.9 Å². The largest absolute Gasteiger partial charge is 0.457 e. The monoisotopic (exact) mass is 264 g/mol. The lowest BCUT2D eigenvalue weighted by molar-refractivity contribution is 0.474. The van der Waals surface area contributed by atoms with Crippen LogP contribution in [0.2, 0.25) is 0 Å². The highest BCUT2D eigenvalue weighted by molar-refractivity contribution is 5.83. The molecule has 0 aliphatic carbocycles. The van der Waals surface area contributed by atoms with Crippen molar-refractivity contribution in [2.75, 3.05) is 7.05 Å². The van der Waals surface area contributed by atoms with Crippen molar-refractivity contribution in [2.24, 2.45) is 0 Å². The number of rotatable bonds is 4. The van der Waals surface area contributed by atoms with Gasteiger partial charge in [0.15, 0.2) is 0 Å². The summed E-state index contributed by atoms with van der Waals surface area (Å²) < 4.78 is 5.99. The van der Waals surface area contributed by atoms with Crippen LogP contribution in [-0.4, -0.2) is 12.0 Å². The van der Waals surface area contributed by atoms with E-state index in [1.165, 1.54) is 10.8 Å². The molecule has 3 heteroatoms. The molecule has 0 unspecified atom stereocenters. The lowest BCUT2D eigenvalue weighted by Gasteiger charge is -2.11. The van der Waals surface area contributed by atoms with Crippen LogP contribution < -0.4 is 10.1 Å². The maximum Gasteiger partial charge on any atom is 0.134 e. The Balaban J connectivity index is 1.93. The van der Waals surface area contributed by atoms with E-state index in [4.69, 9.17) is 4.74 Å². The van der Waals surface area contributed by atoms with Crippen molar-refractivity contribution in [3.8, 4) is 11.5 Å². The van der Waals surface area contributed by atoms with Crippen molar-refractivity contribution in [3.63, 3.8) is 0 Å². The predicted molar refractivity (Wildman–Crippen MR) is 81.0 cm³/mol. The number of nitrogens with one attached hydrogen (secondary N) is 1. The Hall–Kier alpha value is -2.39. The molecule has 0 amide bonds. The molecular weight excluding hydrogens is 248 g/mol. The zero-order chi connectivity index (χ0) is 13.8. The summed E-state index contributed by atoms with van der Waals surface area (Å²) in [6, 6.07) is 16.3. The number of hydrogen-bond donors (Lipinski definition) is 1. The van der Waals surface area contributed by atoms with Crippen LogP contribution in [0.3, 0.4) is 0 Å². The van der Waals surface area contributed by atoms with Crippen LogP contribution in [0.5, 0.6) is 11.5 Å². The average molecular weight is 264 g/mol. The SMILES string of the molecule is CNCc1cnccc1Oc1ccc2ccccc2c1. The summed E-state index contributed by atoms with van der Waals surface area (Å²) in [6.07, 6.45) is 3.57. The number of benzene rings is 2. The van der Waals surface area contributed by atoms with Crippen molar-refractivity contribution in [1.82, 2.24) is 10.3 Å². The molecule has 0 spiro atoms. The Morgan fingerprint density at radius 3 is 2.75 bits per heavy atom. The first-order valence-corrected chi connectivity index (χ1v) is 6.61. The number of nitrogens with zero attached hydrogens (tertiary/aromatic N) is 1. The van der Waals surface area contributed by atoms with Gasteiger partial charge in [0.1, 0.15) is 11.5 Å². The van der Waals surface area contributed by atoms with E-state index in [0.29, 0.717) is 0 Å². The van der Waals surface area contributed by atoms with Gasteiger partial charge in [-0.05, 0) is 36.0 Å². The van der Waals surface area contributed by atoms with E-state index in [0.717, 1.165) is 23.6 Å². The maximum absolute atomic E-state index is 5.99. The smallest absolute Gasteiger partial charge is 0.134 e. The molecule has 0 bridgehead atoms. The van der Waals surface area contributed by atoms with Crippen LogP contribution in [0.25, 0.3) is 10.8 Å². The predicted octanol–water partition coefficient (Wildman–Crippen LogP) is 3.75. The fraction of sp³-hybridized carbons (Fsp3) is 0.118. The Kier molecular flexibility index (Phi) is 3.61. The van der Waals surface area contributed by atoms with Gasteiger partial charge in [-0.3, -0.25) is 4.98 Å². The molecular formula is C17H16N2O. The van der Waals surface area contributed by atoms with E-state index < -0.39 is 0 Å². The van der Waals surface area contributed by atoms with Crippen LogP contribution >= 0.6 is 0 Å². The molecule has 1 heterocycles. The molecule has 100 valence electrons. The number of fused-ring (bicyclic) bond motifs is 1. The minimum Gasteiger partial charge on any atom is -0.457 e. The fourth-order valence-electron chi connectivity index (χ4n) is 2.20. The Morgan fingerprint density at radius 1 is 1.05 bits per heavy atom. The molecule has 0 aliphatic heterocycles. The second-order valence-corrected chi connectivity index (χ2v) is 4.62. The van der Waals surface area contributed by atoms with Gasteiger partial charge >= 0.3 is 0 Å². The van der Waals surface area contributed by atoms with Crippen LogP contribution in [-0.2, 0) is 6.54 Å². The average Bonchev–Trinajstić information content (AvgIpc) is 2.49. The summed E-state index contributed by atoms with van der Waals surface area (Å²) in [4.78, 5) is 4.14. The van der Waals surface area contributed by atoms with E-state index in [1.54, 1.807) is 6.20 Å². The van der Waals surface area contributed by atoms with Gasteiger partial charge in [0.25, 0.3) is 0 Å². The van der Waals surface area contributed by atoms with Crippen molar-refractivity contribution in [1.29, 1.82) is 0 Å². The highest BCUT2D eigenvalue weighted by atomic mass is 16.5. The van der Waals surface area contributed by atoms with E-state index in [-0.39, 0.29) is 0 Å². The minimum absolute atomic E-state index is 0.733. The summed E-state index contributed by atoms with van der Waals surface area (Å²) in [5, 5.41) is 5.51. The molecule has 0 fully saturated rings. The third kappa shape index (κ3) is 2.63. The van der Waals surface area contributed by atoms with Crippen molar-refractivity contribution >= 4 is 10.8 Å². The van der Waals surface area contributed by atoms with Gasteiger partial charge in [-0.2, -0.15) is 0 Å². The molecule has 1 N–H and O–H groups in total. The third-order valence-corrected chi connectivity index (χ3v) is 3.17. The molecule has 1 aromatic heterocycles. The Bertz CT molecular complexity index is 725. The molecule has 0 saturated heterocycles. The van der Waals surface area contributed by atoms with Gasteiger partial charge in [0, 0.05) is 24.5 Å². The molecule has 20 heavy (non-hydrogen) atoms. The van der Waals surface area contributed by atoms with Gasteiger partial charge in [-0.25, -0.2) is 0 Å². The molecule has 3 rings (SSSR count). The summed E-state index contributed by atoms with van der Waals surface area (Å²) in [6.45, 7) is 0.733. The van der Waals surface area contributed by atoms with Gasteiger partial charge in [0.2, 0.25) is 0 Å². The van der Waals surface area contributed by atoms with Crippen molar-refractivity contribution < 1.29 is 4.74 Å². The second kappa shape index (κ2) is 5.72. The molecule has 2 aromatic carbocycles. The number of pyridine rings is 1. The molecule has 3 nitrogen and oxygen atoms in total. The van der Waals surface area contributed by atoms with E-state index in [1.807, 2.05) is 37.5 Å². The first-order valence-electron chi connectivity index (χ1n) is 6.61. The molecule has 0 radical (unpaired) electrons. The van der Waals surface area contributed by atoms with Gasteiger partial charge < -0.3 is 10.1 Å². The van der Waals surface area contributed by atoms with Crippen LogP contribution in [0.1, 0.15) is 5.56 Å². The van der Waals surface area contributed by atoms with Crippen molar-refractivity contribution in [2.45, 2.75) is 6.54 Å². The van der Waals surface area contributed by atoms with Crippen LogP contribution in [0.4, 0.5) is 0 Å². The first-order chi connectivity index (χ1) is 9.86. The van der Waals surface area contributed by atoms with E-state index in [2.05, 4.69) is 34.6 Å². The van der Waals surface area contributed by atoms with Crippen LogP contribution in [0, 0.1) is 0 Å². The zero-order valence-electron chi connectivity index (χ0n) is 11.3. The lowest BCUT2D eigenvalue weighted by atomic mass is 10.1. The highest BCUT2D eigenvalue weighted by Gasteiger charge is 2.04. The Morgan fingerprint density at radius 2 is 1.90 bits per heavy atom.